The molecule has 27 heavy (non-hydrogen) atoms. The van der Waals surface area contributed by atoms with Gasteiger partial charge in [0.2, 0.25) is 10.0 Å². The van der Waals surface area contributed by atoms with E-state index in [4.69, 9.17) is 0 Å². The number of likely N-dealkylation sites (tertiary alicyclic amines) is 1. The molecule has 1 aromatic heterocycles. The summed E-state index contributed by atoms with van der Waals surface area (Å²) in [6, 6.07) is 0. The van der Waals surface area contributed by atoms with Crippen LogP contribution in [0.15, 0.2) is 17.3 Å². The molecule has 1 atom stereocenters. The van der Waals surface area contributed by atoms with Crippen molar-refractivity contribution in [3.63, 3.8) is 0 Å². The van der Waals surface area contributed by atoms with E-state index in [9.17, 15) is 18.3 Å². The fraction of sp³-hybridized carbons (Fsp3) is 0.778. The normalized spacial score (nSPS) is 26.3. The molecule has 0 bridgehead atoms. The van der Waals surface area contributed by atoms with Gasteiger partial charge in [-0.25, -0.2) is 13.4 Å². The van der Waals surface area contributed by atoms with Gasteiger partial charge in [-0.3, -0.25) is 9.36 Å². The molecule has 0 amide bonds. The van der Waals surface area contributed by atoms with Crippen LogP contribution in [0.5, 0.6) is 0 Å². The topological polar surface area (TPSA) is 95.7 Å². The zero-order valence-corrected chi connectivity index (χ0v) is 17.0. The van der Waals surface area contributed by atoms with E-state index in [2.05, 4.69) is 9.88 Å². The molecule has 2 aliphatic rings. The molecule has 8 nitrogen and oxygen atoms in total. The molecule has 3 heterocycles. The Labute approximate surface area is 160 Å². The van der Waals surface area contributed by atoms with Crippen LogP contribution in [-0.2, 0) is 16.6 Å². The monoisotopic (exact) mass is 398 g/mol. The van der Waals surface area contributed by atoms with Crippen LogP contribution in [0.25, 0.3) is 0 Å². The highest BCUT2D eigenvalue weighted by molar-refractivity contribution is 7.88. The van der Waals surface area contributed by atoms with Crippen molar-refractivity contribution in [1.82, 2.24) is 18.8 Å². The third kappa shape index (κ3) is 5.16. The summed E-state index contributed by atoms with van der Waals surface area (Å²) in [7, 11) is -3.27. The van der Waals surface area contributed by atoms with Gasteiger partial charge in [0.15, 0.2) is 0 Å². The Morgan fingerprint density at radius 1 is 1.30 bits per heavy atom. The number of piperidine rings is 2. The van der Waals surface area contributed by atoms with Crippen LogP contribution in [0.4, 0.5) is 0 Å². The lowest BCUT2D eigenvalue weighted by Crippen LogP contribution is -2.56. The summed E-state index contributed by atoms with van der Waals surface area (Å²) in [4.78, 5) is 18.5. The number of β-amino-alcohol motifs (C(OH)–C–C–N with tert-alkyl or cyclic N) is 1. The second-order valence-corrected chi connectivity index (χ2v) is 10.2. The van der Waals surface area contributed by atoms with Crippen molar-refractivity contribution in [3.8, 4) is 0 Å². The third-order valence-electron chi connectivity index (χ3n) is 5.74. The fourth-order valence-electron chi connectivity index (χ4n) is 4.19. The molecule has 2 aliphatic heterocycles. The molecule has 152 valence electrons. The van der Waals surface area contributed by atoms with E-state index in [1.54, 1.807) is 24.0 Å². The average Bonchev–Trinajstić information content (AvgIpc) is 2.60. The van der Waals surface area contributed by atoms with Crippen molar-refractivity contribution in [2.24, 2.45) is 5.92 Å². The van der Waals surface area contributed by atoms with E-state index in [1.165, 1.54) is 10.6 Å². The smallest absolute Gasteiger partial charge is 0.256 e. The highest BCUT2D eigenvalue weighted by atomic mass is 32.2. The van der Waals surface area contributed by atoms with Gasteiger partial charge < -0.3 is 10.0 Å². The van der Waals surface area contributed by atoms with Gasteiger partial charge >= 0.3 is 0 Å². The number of aryl methyl sites for hydroxylation is 1. The lowest BCUT2D eigenvalue weighted by Gasteiger charge is -2.42. The quantitative estimate of drug-likeness (QED) is 0.753. The molecule has 0 spiro atoms. The van der Waals surface area contributed by atoms with Crippen LogP contribution in [0.2, 0.25) is 0 Å². The van der Waals surface area contributed by atoms with E-state index in [0.717, 1.165) is 25.9 Å². The van der Waals surface area contributed by atoms with E-state index >= 15 is 0 Å². The first-order chi connectivity index (χ1) is 12.7. The van der Waals surface area contributed by atoms with E-state index < -0.39 is 15.6 Å². The molecule has 2 saturated heterocycles. The Hall–Kier alpha value is -1.29. The lowest BCUT2D eigenvalue weighted by atomic mass is 9.91. The van der Waals surface area contributed by atoms with Crippen LogP contribution in [-0.4, -0.2) is 76.9 Å². The molecular weight excluding hydrogens is 368 g/mol. The van der Waals surface area contributed by atoms with Crippen molar-refractivity contribution in [2.75, 3.05) is 39.0 Å². The minimum Gasteiger partial charge on any atom is -0.387 e. The summed E-state index contributed by atoms with van der Waals surface area (Å²) in [6.07, 6.45) is 7.61. The molecule has 1 unspecified atom stereocenters. The predicted octanol–water partition coefficient (Wildman–Crippen LogP) is 0.0502. The number of rotatable bonds is 5. The molecular formula is C18H30N4O4S. The van der Waals surface area contributed by atoms with Gasteiger partial charge in [0.05, 0.1) is 18.2 Å². The fourth-order valence-corrected chi connectivity index (χ4v) is 5.13. The summed E-state index contributed by atoms with van der Waals surface area (Å²) in [6.45, 7) is 5.31. The van der Waals surface area contributed by atoms with Crippen LogP contribution in [0, 0.1) is 12.8 Å². The summed E-state index contributed by atoms with van der Waals surface area (Å²) in [5, 5.41) is 10.9. The predicted molar refractivity (Wildman–Crippen MR) is 103 cm³/mol. The summed E-state index contributed by atoms with van der Waals surface area (Å²) in [5.41, 5.74) is -0.305. The van der Waals surface area contributed by atoms with Gasteiger partial charge in [-0.2, -0.15) is 4.31 Å². The Morgan fingerprint density at radius 2 is 2.00 bits per heavy atom. The highest BCUT2D eigenvalue weighted by Crippen LogP contribution is 2.26. The molecule has 1 N–H and O–H groups in total. The number of hydrogen-bond acceptors (Lipinski definition) is 6. The first-order valence-corrected chi connectivity index (χ1v) is 11.4. The number of aliphatic hydroxyl groups is 1. The molecule has 0 saturated carbocycles. The van der Waals surface area contributed by atoms with E-state index in [-0.39, 0.29) is 12.1 Å². The van der Waals surface area contributed by atoms with Crippen LogP contribution < -0.4 is 5.56 Å². The standard InChI is InChI=1S/C18H30N4O4S/c1-15-10-19-14-21(17(15)23)11-16-4-8-20(9-5-16)12-18(24)6-3-7-22(13-18)27(2,25)26/h10,14,16,24H,3-9,11-13H2,1-2H3. The highest BCUT2D eigenvalue weighted by Gasteiger charge is 2.38. The minimum atomic E-state index is -3.27. The maximum absolute atomic E-state index is 12.1. The van der Waals surface area contributed by atoms with E-state index in [0.29, 0.717) is 44.0 Å². The zero-order valence-electron chi connectivity index (χ0n) is 16.2. The first kappa shape index (κ1) is 20.4. The van der Waals surface area contributed by atoms with Crippen molar-refractivity contribution in [3.05, 3.63) is 28.4 Å². The van der Waals surface area contributed by atoms with Crippen molar-refractivity contribution < 1.29 is 13.5 Å². The Bertz CT molecular complexity index is 817. The maximum atomic E-state index is 12.1. The summed E-state index contributed by atoms with van der Waals surface area (Å²) >= 11 is 0. The summed E-state index contributed by atoms with van der Waals surface area (Å²) < 4.78 is 26.7. The van der Waals surface area contributed by atoms with Crippen LogP contribution in [0.1, 0.15) is 31.2 Å². The number of aromatic nitrogens is 2. The van der Waals surface area contributed by atoms with Gasteiger partial charge in [0, 0.05) is 37.9 Å². The maximum Gasteiger partial charge on any atom is 0.256 e. The zero-order chi connectivity index (χ0) is 19.7. The van der Waals surface area contributed by atoms with Crippen molar-refractivity contribution in [2.45, 2.75) is 44.8 Å². The second kappa shape index (κ2) is 7.98. The Balaban J connectivity index is 1.53. The van der Waals surface area contributed by atoms with Crippen LogP contribution >= 0.6 is 0 Å². The molecule has 1 aromatic rings. The molecule has 9 heteroatoms. The van der Waals surface area contributed by atoms with Gasteiger partial charge in [0.1, 0.15) is 0 Å². The van der Waals surface area contributed by atoms with Gasteiger partial charge in [-0.1, -0.05) is 0 Å². The second-order valence-electron chi connectivity index (χ2n) is 8.18. The molecule has 3 rings (SSSR count). The first-order valence-electron chi connectivity index (χ1n) is 9.57. The number of nitrogens with zero attached hydrogens (tertiary/aromatic N) is 4. The van der Waals surface area contributed by atoms with Crippen molar-refractivity contribution in [1.29, 1.82) is 0 Å². The van der Waals surface area contributed by atoms with E-state index in [1.807, 2.05) is 0 Å². The van der Waals surface area contributed by atoms with Gasteiger partial charge in [-0.05, 0) is 51.6 Å². The average molecular weight is 399 g/mol. The molecule has 0 aromatic carbocycles. The molecule has 2 fully saturated rings. The number of sulfonamides is 1. The van der Waals surface area contributed by atoms with Gasteiger partial charge in [-0.15, -0.1) is 0 Å². The van der Waals surface area contributed by atoms with Gasteiger partial charge in [0.25, 0.3) is 5.56 Å². The molecule has 0 aliphatic carbocycles. The third-order valence-corrected chi connectivity index (χ3v) is 6.99. The number of hydrogen-bond donors (Lipinski definition) is 1. The summed E-state index contributed by atoms with van der Waals surface area (Å²) in [5.74, 6) is 0.413. The largest absolute Gasteiger partial charge is 0.387 e. The molecule has 0 radical (unpaired) electrons. The SMILES string of the molecule is Cc1cncn(CC2CCN(CC3(O)CCCN(S(C)(=O)=O)C3)CC2)c1=O. The Kier molecular flexibility index (Phi) is 6.05. The van der Waals surface area contributed by atoms with Crippen molar-refractivity contribution >= 4 is 10.0 Å². The van der Waals surface area contributed by atoms with Crippen LogP contribution in [0.3, 0.4) is 0 Å². The minimum absolute atomic E-state index is 0.0183. The Morgan fingerprint density at radius 3 is 2.67 bits per heavy atom. The lowest BCUT2D eigenvalue weighted by molar-refractivity contribution is -0.0408.